The third kappa shape index (κ3) is 6.84. The Hall–Kier alpha value is -0.730. The summed E-state index contributed by atoms with van der Waals surface area (Å²) in [6, 6.07) is 0. The molecule has 0 aromatic rings. The van der Waals surface area contributed by atoms with E-state index in [2.05, 4.69) is 6.92 Å². The highest BCUT2D eigenvalue weighted by Crippen LogP contribution is 2.40. The van der Waals surface area contributed by atoms with Gasteiger partial charge in [0.25, 0.3) is 0 Å². The molecule has 0 atom stereocenters. The van der Waals surface area contributed by atoms with Gasteiger partial charge < -0.3 is 10.2 Å². The Morgan fingerprint density at radius 3 is 1.84 bits per heavy atom. The van der Waals surface area contributed by atoms with Gasteiger partial charge in [0.1, 0.15) is 0 Å². The lowest BCUT2D eigenvalue weighted by atomic mass is 9.70. The highest BCUT2D eigenvalue weighted by Gasteiger charge is 2.27. The van der Waals surface area contributed by atoms with Gasteiger partial charge in [0, 0.05) is 0 Å². The predicted molar refractivity (Wildman–Crippen MR) is 77.6 cm³/mol. The van der Waals surface area contributed by atoms with Gasteiger partial charge in [-0.3, -0.25) is 0 Å². The van der Waals surface area contributed by atoms with Crippen molar-refractivity contribution in [2.24, 2.45) is 17.8 Å². The van der Waals surface area contributed by atoms with Gasteiger partial charge in [-0.05, 0) is 30.6 Å². The minimum Gasteiger partial charge on any atom is -0.450 e. The second kappa shape index (κ2) is 9.22. The molecule has 2 aliphatic rings. The van der Waals surface area contributed by atoms with Crippen molar-refractivity contribution in [3.8, 4) is 0 Å². The van der Waals surface area contributed by atoms with Crippen molar-refractivity contribution in [2.75, 3.05) is 0 Å². The molecule has 0 aromatic heterocycles. The zero-order valence-corrected chi connectivity index (χ0v) is 12.3. The summed E-state index contributed by atoms with van der Waals surface area (Å²) in [5, 5.41) is 13.9. The third-order valence-corrected chi connectivity index (χ3v) is 4.90. The summed E-state index contributed by atoms with van der Waals surface area (Å²) in [6.45, 7) is 2.34. The number of hydrogen-bond acceptors (Lipinski definition) is 1. The molecular weight excluding hydrogens is 240 g/mol. The molecule has 0 unspecified atom stereocenters. The molecule has 2 fully saturated rings. The fourth-order valence-corrected chi connectivity index (χ4v) is 3.96. The van der Waals surface area contributed by atoms with E-state index in [1.807, 2.05) is 0 Å². The summed E-state index contributed by atoms with van der Waals surface area (Å²) in [7, 11) is 0. The molecule has 0 saturated heterocycles. The summed E-state index contributed by atoms with van der Waals surface area (Å²) in [5.41, 5.74) is 0. The number of carbonyl (C=O) groups is 1. The Labute approximate surface area is 117 Å². The SMILES string of the molecule is CCC[C@H]1CC[C@H](C2CCCCC2)CC1.O=C(O)O. The van der Waals surface area contributed by atoms with Gasteiger partial charge in [0.15, 0.2) is 0 Å². The van der Waals surface area contributed by atoms with Gasteiger partial charge in [0.2, 0.25) is 0 Å². The van der Waals surface area contributed by atoms with E-state index in [4.69, 9.17) is 15.0 Å². The van der Waals surface area contributed by atoms with Gasteiger partial charge in [-0.15, -0.1) is 0 Å². The maximum Gasteiger partial charge on any atom is 0.503 e. The molecule has 3 heteroatoms. The molecule has 19 heavy (non-hydrogen) atoms. The Morgan fingerprint density at radius 1 is 0.895 bits per heavy atom. The molecule has 2 aliphatic carbocycles. The molecular formula is C16H30O3. The third-order valence-electron chi connectivity index (χ3n) is 4.90. The van der Waals surface area contributed by atoms with Crippen LogP contribution in [-0.2, 0) is 0 Å². The number of carboxylic acid groups (broad SMARTS) is 2. The topological polar surface area (TPSA) is 57.5 Å². The van der Waals surface area contributed by atoms with Crippen LogP contribution in [0.2, 0.25) is 0 Å². The highest BCUT2D eigenvalue weighted by molar-refractivity contribution is 5.53. The first-order chi connectivity index (χ1) is 9.13. The highest BCUT2D eigenvalue weighted by atomic mass is 16.6. The van der Waals surface area contributed by atoms with E-state index in [0.717, 1.165) is 17.8 Å². The van der Waals surface area contributed by atoms with E-state index in [9.17, 15) is 0 Å². The molecule has 0 aromatic carbocycles. The van der Waals surface area contributed by atoms with Crippen LogP contribution in [0, 0.1) is 17.8 Å². The Bertz CT molecular complexity index is 234. The number of rotatable bonds is 3. The van der Waals surface area contributed by atoms with Crippen molar-refractivity contribution in [1.29, 1.82) is 0 Å². The smallest absolute Gasteiger partial charge is 0.450 e. The van der Waals surface area contributed by atoms with Crippen molar-refractivity contribution < 1.29 is 15.0 Å². The number of hydrogen-bond donors (Lipinski definition) is 2. The lowest BCUT2D eigenvalue weighted by Crippen LogP contribution is -2.23. The lowest BCUT2D eigenvalue weighted by Gasteiger charge is -2.35. The van der Waals surface area contributed by atoms with Crippen LogP contribution in [0.25, 0.3) is 0 Å². The maximum atomic E-state index is 8.56. The second-order valence-corrected chi connectivity index (χ2v) is 6.25. The molecule has 2 saturated carbocycles. The second-order valence-electron chi connectivity index (χ2n) is 6.25. The van der Waals surface area contributed by atoms with E-state index >= 15 is 0 Å². The van der Waals surface area contributed by atoms with Crippen LogP contribution in [0.3, 0.4) is 0 Å². The molecule has 0 bridgehead atoms. The molecule has 0 aliphatic heterocycles. The molecule has 112 valence electrons. The zero-order chi connectivity index (χ0) is 14.1. The van der Waals surface area contributed by atoms with Gasteiger partial charge in [-0.1, -0.05) is 64.7 Å². The molecule has 0 amide bonds. The van der Waals surface area contributed by atoms with Crippen molar-refractivity contribution in [2.45, 2.75) is 77.6 Å². The Kier molecular flexibility index (Phi) is 7.92. The van der Waals surface area contributed by atoms with Gasteiger partial charge in [-0.25, -0.2) is 4.79 Å². The van der Waals surface area contributed by atoms with Crippen LogP contribution in [0.5, 0.6) is 0 Å². The van der Waals surface area contributed by atoms with E-state index < -0.39 is 6.16 Å². The fourth-order valence-electron chi connectivity index (χ4n) is 3.96. The maximum absolute atomic E-state index is 8.56. The Balaban J connectivity index is 0.000000399. The van der Waals surface area contributed by atoms with Crippen molar-refractivity contribution in [1.82, 2.24) is 0 Å². The van der Waals surface area contributed by atoms with E-state index in [1.165, 1.54) is 32.1 Å². The summed E-state index contributed by atoms with van der Waals surface area (Å²) < 4.78 is 0. The van der Waals surface area contributed by atoms with E-state index in [0.29, 0.717) is 0 Å². The summed E-state index contributed by atoms with van der Waals surface area (Å²) >= 11 is 0. The van der Waals surface area contributed by atoms with Crippen molar-refractivity contribution in [3.05, 3.63) is 0 Å². The van der Waals surface area contributed by atoms with Crippen LogP contribution >= 0.6 is 0 Å². The molecule has 0 spiro atoms. The molecule has 2 N–H and O–H groups in total. The monoisotopic (exact) mass is 270 g/mol. The van der Waals surface area contributed by atoms with Crippen molar-refractivity contribution >= 4 is 6.16 Å². The normalized spacial score (nSPS) is 28.3. The molecule has 0 heterocycles. The average molecular weight is 270 g/mol. The first kappa shape index (κ1) is 16.3. The van der Waals surface area contributed by atoms with Crippen LogP contribution in [0.4, 0.5) is 4.79 Å². The standard InChI is InChI=1S/C15H28.CH2O3/c1-2-6-13-9-11-15(12-10-13)14-7-4-3-5-8-14;2-1(3)4/h13-15H,2-12H2,1H3;(H2,2,3,4)/t13-,15-;. The summed E-state index contributed by atoms with van der Waals surface area (Å²) in [6.07, 6.45) is 15.0. The average Bonchev–Trinajstić information content (AvgIpc) is 2.40. The Morgan fingerprint density at radius 2 is 1.37 bits per heavy atom. The minimum atomic E-state index is -1.83. The lowest BCUT2D eigenvalue weighted by molar-refractivity contribution is 0.137. The predicted octanol–water partition coefficient (Wildman–Crippen LogP) is 5.40. The molecule has 2 rings (SSSR count). The first-order valence-corrected chi connectivity index (χ1v) is 8.05. The van der Waals surface area contributed by atoms with Crippen LogP contribution in [0.1, 0.15) is 77.6 Å². The van der Waals surface area contributed by atoms with Gasteiger partial charge >= 0.3 is 6.16 Å². The van der Waals surface area contributed by atoms with Crippen LogP contribution < -0.4 is 0 Å². The molecule has 0 radical (unpaired) electrons. The van der Waals surface area contributed by atoms with Crippen LogP contribution in [-0.4, -0.2) is 16.4 Å². The van der Waals surface area contributed by atoms with E-state index in [1.54, 1.807) is 38.5 Å². The molecule has 3 nitrogen and oxygen atoms in total. The zero-order valence-electron chi connectivity index (χ0n) is 12.3. The van der Waals surface area contributed by atoms with Crippen molar-refractivity contribution in [3.63, 3.8) is 0 Å². The fraction of sp³-hybridized carbons (Fsp3) is 0.938. The van der Waals surface area contributed by atoms with Gasteiger partial charge in [0.05, 0.1) is 0 Å². The quantitative estimate of drug-likeness (QED) is 0.722. The van der Waals surface area contributed by atoms with Crippen LogP contribution in [0.15, 0.2) is 0 Å². The summed E-state index contributed by atoms with van der Waals surface area (Å²) in [4.78, 5) is 8.56. The first-order valence-electron chi connectivity index (χ1n) is 8.05. The minimum absolute atomic E-state index is 1.09. The van der Waals surface area contributed by atoms with Gasteiger partial charge in [-0.2, -0.15) is 0 Å². The van der Waals surface area contributed by atoms with E-state index in [-0.39, 0.29) is 0 Å². The summed E-state index contributed by atoms with van der Waals surface area (Å²) in [5.74, 6) is 3.34. The largest absolute Gasteiger partial charge is 0.503 e.